The van der Waals surface area contributed by atoms with Gasteiger partial charge in [-0.2, -0.15) is 0 Å². The highest BCUT2D eigenvalue weighted by molar-refractivity contribution is 6.62. The highest BCUT2D eigenvalue weighted by Crippen LogP contribution is 2.07. The summed E-state index contributed by atoms with van der Waals surface area (Å²) in [7, 11) is 1.73. The molecule has 60 valence electrons. The first kappa shape index (κ1) is 9.76. The summed E-state index contributed by atoms with van der Waals surface area (Å²) in [4.78, 5) is 12.2. The van der Waals surface area contributed by atoms with Crippen molar-refractivity contribution < 1.29 is 4.79 Å². The standard InChI is InChI=1S/C7H14ClNO/c1-4-6(5-2)9(3)7(8)10/h6H,4-5H2,1-3H3. The molecule has 0 aliphatic carbocycles. The molecule has 0 fully saturated rings. The highest BCUT2D eigenvalue weighted by atomic mass is 35.5. The fraction of sp³-hybridized carbons (Fsp3) is 0.857. The summed E-state index contributed by atoms with van der Waals surface area (Å²) in [5.41, 5.74) is 0. The third kappa shape index (κ3) is 2.56. The minimum atomic E-state index is -0.367. The van der Waals surface area contributed by atoms with Crippen LogP contribution in [0.2, 0.25) is 0 Å². The second-order valence-electron chi connectivity index (χ2n) is 2.33. The molecule has 0 radical (unpaired) electrons. The SMILES string of the molecule is CCC(CC)N(C)C(=O)Cl. The smallest absolute Gasteiger partial charge is 0.316 e. The zero-order chi connectivity index (χ0) is 8.15. The summed E-state index contributed by atoms with van der Waals surface area (Å²) in [6, 6.07) is 0.296. The summed E-state index contributed by atoms with van der Waals surface area (Å²) in [5.74, 6) is 0. The quantitative estimate of drug-likeness (QED) is 0.463. The lowest BCUT2D eigenvalue weighted by Gasteiger charge is -2.23. The molecular formula is C7H14ClNO. The van der Waals surface area contributed by atoms with Gasteiger partial charge in [0.05, 0.1) is 0 Å². The summed E-state index contributed by atoms with van der Waals surface area (Å²) in [6.45, 7) is 4.09. The average molecular weight is 164 g/mol. The predicted octanol–water partition coefficient (Wildman–Crippen LogP) is 2.47. The summed E-state index contributed by atoms with van der Waals surface area (Å²) in [5, 5.41) is -0.367. The molecule has 1 amide bonds. The molecule has 0 aliphatic rings. The van der Waals surface area contributed by atoms with Crippen LogP contribution < -0.4 is 0 Å². The number of nitrogens with zero attached hydrogens (tertiary/aromatic N) is 1. The monoisotopic (exact) mass is 163 g/mol. The van der Waals surface area contributed by atoms with Crippen molar-refractivity contribution in [3.05, 3.63) is 0 Å². The van der Waals surface area contributed by atoms with Gasteiger partial charge in [0, 0.05) is 13.1 Å². The molecule has 0 spiro atoms. The van der Waals surface area contributed by atoms with E-state index in [1.807, 2.05) is 13.8 Å². The van der Waals surface area contributed by atoms with E-state index in [0.717, 1.165) is 12.8 Å². The molecule has 0 saturated heterocycles. The van der Waals surface area contributed by atoms with Gasteiger partial charge >= 0.3 is 5.37 Å². The number of hydrogen-bond acceptors (Lipinski definition) is 1. The fourth-order valence-electron chi connectivity index (χ4n) is 0.980. The first-order valence-electron chi connectivity index (χ1n) is 3.55. The third-order valence-electron chi connectivity index (χ3n) is 1.77. The number of carbonyl (C=O) groups excluding carboxylic acids is 1. The Bertz CT molecular complexity index is 112. The Kier molecular flexibility index (Phi) is 4.45. The Morgan fingerprint density at radius 3 is 2.00 bits per heavy atom. The lowest BCUT2D eigenvalue weighted by molar-refractivity contribution is 0.210. The molecule has 0 aromatic heterocycles. The Hall–Kier alpha value is -0.240. The van der Waals surface area contributed by atoms with Gasteiger partial charge in [-0.1, -0.05) is 13.8 Å². The van der Waals surface area contributed by atoms with Crippen molar-refractivity contribution in [1.29, 1.82) is 0 Å². The van der Waals surface area contributed by atoms with Crippen molar-refractivity contribution >= 4 is 17.0 Å². The van der Waals surface area contributed by atoms with Gasteiger partial charge in [-0.05, 0) is 24.4 Å². The van der Waals surface area contributed by atoms with Crippen LogP contribution in [0.4, 0.5) is 4.79 Å². The molecule has 2 nitrogen and oxygen atoms in total. The van der Waals surface area contributed by atoms with Crippen LogP contribution in [0.5, 0.6) is 0 Å². The number of rotatable bonds is 3. The second-order valence-corrected chi connectivity index (χ2v) is 2.66. The van der Waals surface area contributed by atoms with Crippen LogP contribution in [0, 0.1) is 0 Å². The summed E-state index contributed by atoms with van der Waals surface area (Å²) < 4.78 is 0. The topological polar surface area (TPSA) is 20.3 Å². The summed E-state index contributed by atoms with van der Waals surface area (Å²) >= 11 is 5.27. The van der Waals surface area contributed by atoms with Crippen LogP contribution in [-0.2, 0) is 0 Å². The molecule has 0 aliphatic heterocycles. The number of halogens is 1. The second kappa shape index (κ2) is 4.56. The third-order valence-corrected chi connectivity index (χ3v) is 2.03. The minimum Gasteiger partial charge on any atom is -0.329 e. The van der Waals surface area contributed by atoms with Crippen LogP contribution in [0.25, 0.3) is 0 Å². The Morgan fingerprint density at radius 2 is 1.90 bits per heavy atom. The van der Waals surface area contributed by atoms with Gasteiger partial charge in [-0.25, -0.2) is 0 Å². The van der Waals surface area contributed by atoms with E-state index in [9.17, 15) is 4.79 Å². The average Bonchev–Trinajstić information content (AvgIpc) is 1.90. The van der Waals surface area contributed by atoms with E-state index in [2.05, 4.69) is 0 Å². The molecule has 0 rings (SSSR count). The van der Waals surface area contributed by atoms with E-state index < -0.39 is 0 Å². The van der Waals surface area contributed by atoms with Crippen molar-refractivity contribution in [2.45, 2.75) is 32.7 Å². The maximum absolute atomic E-state index is 10.6. The van der Waals surface area contributed by atoms with E-state index in [1.165, 1.54) is 0 Å². The van der Waals surface area contributed by atoms with Crippen molar-refractivity contribution in [1.82, 2.24) is 4.90 Å². The van der Waals surface area contributed by atoms with Crippen molar-refractivity contribution in [3.63, 3.8) is 0 Å². The van der Waals surface area contributed by atoms with Crippen molar-refractivity contribution in [3.8, 4) is 0 Å². The molecule has 0 bridgehead atoms. The predicted molar refractivity (Wildman–Crippen MR) is 43.4 cm³/mol. The first-order chi connectivity index (χ1) is 4.63. The summed E-state index contributed by atoms with van der Waals surface area (Å²) in [6.07, 6.45) is 1.93. The van der Waals surface area contributed by atoms with Gasteiger partial charge < -0.3 is 4.90 Å². The van der Waals surface area contributed by atoms with Gasteiger partial charge in [0.1, 0.15) is 0 Å². The minimum absolute atomic E-state index is 0.296. The number of hydrogen-bond donors (Lipinski definition) is 0. The molecule has 0 N–H and O–H groups in total. The van der Waals surface area contributed by atoms with Crippen LogP contribution in [0.3, 0.4) is 0 Å². The van der Waals surface area contributed by atoms with Crippen molar-refractivity contribution in [2.75, 3.05) is 7.05 Å². The Morgan fingerprint density at radius 1 is 1.50 bits per heavy atom. The van der Waals surface area contributed by atoms with Crippen molar-refractivity contribution in [2.24, 2.45) is 0 Å². The zero-order valence-corrected chi connectivity index (χ0v) is 7.48. The Labute approximate surface area is 67.2 Å². The zero-order valence-electron chi connectivity index (χ0n) is 6.72. The van der Waals surface area contributed by atoms with Crippen LogP contribution >= 0.6 is 11.6 Å². The molecule has 0 heterocycles. The number of carbonyl (C=O) groups is 1. The van der Waals surface area contributed by atoms with E-state index >= 15 is 0 Å². The highest BCUT2D eigenvalue weighted by Gasteiger charge is 2.13. The van der Waals surface area contributed by atoms with E-state index in [0.29, 0.717) is 6.04 Å². The largest absolute Gasteiger partial charge is 0.329 e. The molecular weight excluding hydrogens is 150 g/mol. The normalized spacial score (nSPS) is 10.1. The van der Waals surface area contributed by atoms with Crippen LogP contribution in [0.15, 0.2) is 0 Å². The van der Waals surface area contributed by atoms with E-state index in [4.69, 9.17) is 11.6 Å². The Balaban J connectivity index is 3.88. The first-order valence-corrected chi connectivity index (χ1v) is 3.93. The lowest BCUT2D eigenvalue weighted by atomic mass is 10.1. The van der Waals surface area contributed by atoms with Crippen LogP contribution in [0.1, 0.15) is 26.7 Å². The molecule has 0 atom stereocenters. The molecule has 0 unspecified atom stereocenters. The molecule has 10 heavy (non-hydrogen) atoms. The maximum atomic E-state index is 10.6. The van der Waals surface area contributed by atoms with Gasteiger partial charge in [-0.3, -0.25) is 4.79 Å². The molecule has 0 aromatic rings. The lowest BCUT2D eigenvalue weighted by Crippen LogP contribution is -2.32. The van der Waals surface area contributed by atoms with Gasteiger partial charge in [0.25, 0.3) is 0 Å². The molecule has 0 aromatic carbocycles. The fourth-order valence-corrected chi connectivity index (χ4v) is 1.12. The maximum Gasteiger partial charge on any atom is 0.316 e. The van der Waals surface area contributed by atoms with Gasteiger partial charge in [-0.15, -0.1) is 0 Å². The molecule has 0 saturated carbocycles. The van der Waals surface area contributed by atoms with Gasteiger partial charge in [0.15, 0.2) is 0 Å². The van der Waals surface area contributed by atoms with E-state index in [1.54, 1.807) is 11.9 Å². The molecule has 3 heteroatoms. The van der Waals surface area contributed by atoms with Gasteiger partial charge in [0.2, 0.25) is 0 Å². The number of amides is 1. The van der Waals surface area contributed by atoms with E-state index in [-0.39, 0.29) is 5.37 Å². The van der Waals surface area contributed by atoms with Crippen LogP contribution in [-0.4, -0.2) is 23.4 Å².